The van der Waals surface area contributed by atoms with Gasteiger partial charge in [0.05, 0.1) is 14.7 Å². The number of rotatable bonds is 1. The van der Waals surface area contributed by atoms with E-state index >= 15 is 0 Å². The first-order chi connectivity index (χ1) is 6.22. The van der Waals surface area contributed by atoms with Gasteiger partial charge in [-0.25, -0.2) is 4.98 Å². The maximum atomic E-state index is 5.98. The lowest BCUT2D eigenvalue weighted by Gasteiger charge is -1.93. The van der Waals surface area contributed by atoms with Gasteiger partial charge in [-0.05, 0) is 12.1 Å². The molecule has 0 radical (unpaired) electrons. The average molecular weight is 233 g/mol. The van der Waals surface area contributed by atoms with E-state index in [-0.39, 0.29) is 0 Å². The molecule has 0 bridgehead atoms. The first-order valence-corrected chi connectivity index (χ1v) is 5.22. The number of nitrogens with zero attached hydrogens (tertiary/aromatic N) is 1. The van der Waals surface area contributed by atoms with Gasteiger partial charge in [-0.15, -0.1) is 0 Å². The molecule has 0 saturated heterocycles. The molecule has 0 fully saturated rings. The van der Waals surface area contributed by atoms with E-state index in [2.05, 4.69) is 10.3 Å². The predicted molar refractivity (Wildman–Crippen MR) is 59.2 cm³/mol. The molecule has 1 N–H and O–H groups in total. The topological polar surface area (TPSA) is 24.9 Å². The molecule has 0 aliphatic heterocycles. The van der Waals surface area contributed by atoms with Crippen LogP contribution in [0.1, 0.15) is 0 Å². The molecule has 1 aromatic carbocycles. The van der Waals surface area contributed by atoms with Crippen molar-refractivity contribution in [3.63, 3.8) is 0 Å². The molecule has 1 aromatic heterocycles. The minimum atomic E-state index is 0.525. The summed E-state index contributed by atoms with van der Waals surface area (Å²) in [6.07, 6.45) is 0. The van der Waals surface area contributed by atoms with Crippen molar-refractivity contribution in [2.24, 2.45) is 0 Å². The van der Waals surface area contributed by atoms with Crippen LogP contribution in [0.15, 0.2) is 12.1 Å². The summed E-state index contributed by atoms with van der Waals surface area (Å²) in [5, 5.41) is 4.88. The summed E-state index contributed by atoms with van der Waals surface area (Å²) in [6.45, 7) is 0. The summed E-state index contributed by atoms with van der Waals surface area (Å²) in [4.78, 5) is 4.28. The molecule has 0 spiro atoms. The maximum absolute atomic E-state index is 5.98. The highest BCUT2D eigenvalue weighted by Crippen LogP contribution is 2.34. The number of hydrogen-bond acceptors (Lipinski definition) is 3. The first-order valence-electron chi connectivity index (χ1n) is 3.64. The number of fused-ring (bicyclic) bond motifs is 1. The molecule has 2 nitrogen and oxygen atoms in total. The smallest absolute Gasteiger partial charge is 0.183 e. The summed E-state index contributed by atoms with van der Waals surface area (Å²) in [6, 6.07) is 3.70. The average Bonchev–Trinajstić information content (AvgIpc) is 2.55. The van der Waals surface area contributed by atoms with Crippen LogP contribution in [0.2, 0.25) is 10.0 Å². The molecular weight excluding hydrogens is 227 g/mol. The third-order valence-electron chi connectivity index (χ3n) is 1.67. The Balaban J connectivity index is 2.76. The number of hydrogen-bond donors (Lipinski definition) is 1. The predicted octanol–water partition coefficient (Wildman–Crippen LogP) is 3.64. The zero-order valence-electron chi connectivity index (χ0n) is 6.77. The van der Waals surface area contributed by atoms with Crippen LogP contribution in [-0.4, -0.2) is 12.0 Å². The molecule has 5 heteroatoms. The zero-order valence-corrected chi connectivity index (χ0v) is 9.09. The van der Waals surface area contributed by atoms with E-state index < -0.39 is 0 Å². The summed E-state index contributed by atoms with van der Waals surface area (Å²) >= 11 is 13.4. The van der Waals surface area contributed by atoms with Gasteiger partial charge in [0.25, 0.3) is 0 Å². The monoisotopic (exact) mass is 232 g/mol. The van der Waals surface area contributed by atoms with E-state index in [4.69, 9.17) is 23.2 Å². The standard InChI is InChI=1S/C8H6Cl2N2S/c1-11-8-12-7-5(13-8)3-2-4(9)6(7)10/h2-3H,1H3,(H,11,12). The molecular formula is C8H6Cl2N2S. The Labute approximate surface area is 89.5 Å². The van der Waals surface area contributed by atoms with E-state index in [1.807, 2.05) is 13.1 Å². The maximum Gasteiger partial charge on any atom is 0.183 e. The largest absolute Gasteiger partial charge is 0.365 e. The minimum Gasteiger partial charge on any atom is -0.365 e. The van der Waals surface area contributed by atoms with Gasteiger partial charge in [0.1, 0.15) is 5.52 Å². The molecule has 0 aliphatic carbocycles. The summed E-state index contributed by atoms with van der Waals surface area (Å²) in [5.41, 5.74) is 0.767. The second kappa shape index (κ2) is 3.33. The quantitative estimate of drug-likeness (QED) is 0.813. The number of nitrogens with one attached hydrogen (secondary N) is 1. The Kier molecular flexibility index (Phi) is 2.32. The molecule has 1 heterocycles. The van der Waals surface area contributed by atoms with E-state index in [1.165, 1.54) is 0 Å². The van der Waals surface area contributed by atoms with Crippen molar-refractivity contribution in [2.45, 2.75) is 0 Å². The van der Waals surface area contributed by atoms with Crippen LogP contribution in [0, 0.1) is 0 Å². The summed E-state index contributed by atoms with van der Waals surface area (Å²) in [7, 11) is 1.83. The second-order valence-electron chi connectivity index (χ2n) is 2.48. The van der Waals surface area contributed by atoms with E-state index in [1.54, 1.807) is 17.4 Å². The summed E-state index contributed by atoms with van der Waals surface area (Å²) in [5.74, 6) is 0. The Morgan fingerprint density at radius 3 is 2.85 bits per heavy atom. The van der Waals surface area contributed by atoms with Crippen LogP contribution in [0.4, 0.5) is 5.13 Å². The van der Waals surface area contributed by atoms with Gasteiger partial charge in [-0.1, -0.05) is 34.5 Å². The highest BCUT2D eigenvalue weighted by atomic mass is 35.5. The Morgan fingerprint density at radius 2 is 2.15 bits per heavy atom. The highest BCUT2D eigenvalue weighted by molar-refractivity contribution is 7.22. The Hall–Kier alpha value is -0.510. The van der Waals surface area contributed by atoms with Crippen LogP contribution in [0.25, 0.3) is 10.2 Å². The van der Waals surface area contributed by atoms with Gasteiger partial charge in [0.15, 0.2) is 5.13 Å². The molecule has 0 atom stereocenters. The molecule has 0 unspecified atom stereocenters. The van der Waals surface area contributed by atoms with Crippen LogP contribution in [0.3, 0.4) is 0 Å². The molecule has 0 amide bonds. The molecule has 0 aliphatic rings. The van der Waals surface area contributed by atoms with Gasteiger partial charge in [0, 0.05) is 7.05 Å². The lowest BCUT2D eigenvalue weighted by atomic mass is 10.3. The Morgan fingerprint density at radius 1 is 1.38 bits per heavy atom. The third kappa shape index (κ3) is 1.47. The number of anilines is 1. The fourth-order valence-electron chi connectivity index (χ4n) is 1.04. The SMILES string of the molecule is CNc1nc2c(Cl)c(Cl)ccc2s1. The molecule has 0 saturated carbocycles. The number of aromatic nitrogens is 1. The van der Waals surface area contributed by atoms with Gasteiger partial charge in [-0.2, -0.15) is 0 Å². The zero-order chi connectivity index (χ0) is 9.42. The van der Waals surface area contributed by atoms with Crippen molar-refractivity contribution in [1.82, 2.24) is 4.98 Å². The molecule has 68 valence electrons. The first kappa shape index (κ1) is 9.06. The number of halogens is 2. The summed E-state index contributed by atoms with van der Waals surface area (Å²) < 4.78 is 1.04. The van der Waals surface area contributed by atoms with Crippen LogP contribution in [0.5, 0.6) is 0 Å². The van der Waals surface area contributed by atoms with Crippen LogP contribution in [-0.2, 0) is 0 Å². The lowest BCUT2D eigenvalue weighted by molar-refractivity contribution is 1.41. The number of benzene rings is 1. The van der Waals surface area contributed by atoms with E-state index in [0.717, 1.165) is 15.3 Å². The molecule has 2 rings (SSSR count). The van der Waals surface area contributed by atoms with Crippen LogP contribution >= 0.6 is 34.5 Å². The van der Waals surface area contributed by atoms with Crippen molar-refractivity contribution >= 4 is 49.9 Å². The lowest BCUT2D eigenvalue weighted by Crippen LogP contribution is -1.84. The van der Waals surface area contributed by atoms with Crippen LogP contribution < -0.4 is 5.32 Å². The van der Waals surface area contributed by atoms with Gasteiger partial charge < -0.3 is 5.32 Å². The minimum absolute atomic E-state index is 0.525. The molecule has 13 heavy (non-hydrogen) atoms. The van der Waals surface area contributed by atoms with Gasteiger partial charge in [0.2, 0.25) is 0 Å². The fraction of sp³-hybridized carbons (Fsp3) is 0.125. The highest BCUT2D eigenvalue weighted by Gasteiger charge is 2.08. The van der Waals surface area contributed by atoms with E-state index in [9.17, 15) is 0 Å². The van der Waals surface area contributed by atoms with Crippen molar-refractivity contribution in [2.75, 3.05) is 12.4 Å². The fourth-order valence-corrected chi connectivity index (χ4v) is 2.29. The molecule has 2 aromatic rings. The van der Waals surface area contributed by atoms with Crippen molar-refractivity contribution in [1.29, 1.82) is 0 Å². The van der Waals surface area contributed by atoms with Crippen molar-refractivity contribution in [3.05, 3.63) is 22.2 Å². The van der Waals surface area contributed by atoms with Gasteiger partial charge in [-0.3, -0.25) is 0 Å². The van der Waals surface area contributed by atoms with Crippen molar-refractivity contribution in [3.8, 4) is 0 Å². The van der Waals surface area contributed by atoms with E-state index in [0.29, 0.717) is 10.0 Å². The van der Waals surface area contributed by atoms with Crippen molar-refractivity contribution < 1.29 is 0 Å². The number of thiazole rings is 1. The van der Waals surface area contributed by atoms with Gasteiger partial charge >= 0.3 is 0 Å². The normalized spacial score (nSPS) is 10.7. The second-order valence-corrected chi connectivity index (χ2v) is 4.29. The third-order valence-corrected chi connectivity index (χ3v) is 3.50. The Bertz CT molecular complexity index is 453.